The standard InChI is InChI=1S/C29H26NO4/c1-4-16-33-29(32)21-10-6-5-9-20(21)27-22-15-13-19(30(2)3)17-25(22)34-28-23(27)14-12-18-8-7-11-24(31)26(18)28/h5-15,17,19,31H,1,4,16H2,2-3H3. The van der Waals surface area contributed by atoms with Crippen molar-refractivity contribution in [1.82, 2.24) is 4.90 Å². The molecule has 0 amide bonds. The van der Waals surface area contributed by atoms with Gasteiger partial charge in [0.25, 0.3) is 0 Å². The zero-order valence-electron chi connectivity index (χ0n) is 19.2. The van der Waals surface area contributed by atoms with E-state index in [4.69, 9.17) is 9.47 Å². The van der Waals surface area contributed by atoms with Gasteiger partial charge in [-0.3, -0.25) is 4.90 Å². The summed E-state index contributed by atoms with van der Waals surface area (Å²) in [5.41, 5.74) is 3.80. The third-order valence-electron chi connectivity index (χ3n) is 6.16. The van der Waals surface area contributed by atoms with Crippen molar-refractivity contribution in [3.63, 3.8) is 0 Å². The van der Waals surface area contributed by atoms with Crippen LogP contribution in [-0.4, -0.2) is 42.7 Å². The molecular weight excluding hydrogens is 426 g/mol. The molecule has 1 aliphatic carbocycles. The quantitative estimate of drug-likeness (QED) is 0.518. The Labute approximate surface area is 199 Å². The number of carbonyl (C=O) groups is 1. The zero-order valence-corrected chi connectivity index (χ0v) is 19.2. The van der Waals surface area contributed by atoms with E-state index in [0.717, 1.165) is 27.7 Å². The molecule has 0 aromatic heterocycles. The average Bonchev–Trinajstić information content (AvgIpc) is 2.85. The van der Waals surface area contributed by atoms with Gasteiger partial charge in [0, 0.05) is 22.8 Å². The molecule has 34 heavy (non-hydrogen) atoms. The first-order chi connectivity index (χ1) is 16.5. The molecule has 0 fully saturated rings. The van der Waals surface area contributed by atoms with Gasteiger partial charge < -0.3 is 14.6 Å². The molecule has 0 bridgehead atoms. The molecule has 1 N–H and O–H groups in total. The summed E-state index contributed by atoms with van der Waals surface area (Å²) in [6.45, 7) is 4.02. The van der Waals surface area contributed by atoms with Gasteiger partial charge in [0.05, 0.1) is 17.6 Å². The molecule has 0 saturated carbocycles. The number of carbonyl (C=O) groups excluding carboxylic acids is 1. The molecule has 1 unspecified atom stereocenters. The summed E-state index contributed by atoms with van der Waals surface area (Å²) in [4.78, 5) is 15.1. The van der Waals surface area contributed by atoms with Crippen molar-refractivity contribution < 1.29 is 19.4 Å². The van der Waals surface area contributed by atoms with E-state index in [9.17, 15) is 9.90 Å². The van der Waals surface area contributed by atoms with E-state index >= 15 is 0 Å². The van der Waals surface area contributed by atoms with Crippen molar-refractivity contribution in [2.75, 3.05) is 20.7 Å². The van der Waals surface area contributed by atoms with E-state index < -0.39 is 0 Å². The van der Waals surface area contributed by atoms with E-state index in [1.54, 1.807) is 12.1 Å². The molecule has 5 rings (SSSR count). The Hall–Kier alpha value is -3.83. The Balaban J connectivity index is 1.80. The lowest BCUT2D eigenvalue weighted by atomic mass is 9.84. The van der Waals surface area contributed by atoms with Crippen LogP contribution in [0.1, 0.15) is 27.9 Å². The van der Waals surface area contributed by atoms with E-state index in [-0.39, 0.29) is 24.4 Å². The number of ether oxygens (including phenoxy) is 2. The van der Waals surface area contributed by atoms with Crippen LogP contribution in [0.25, 0.3) is 16.3 Å². The maximum atomic E-state index is 13.0. The van der Waals surface area contributed by atoms with Crippen molar-refractivity contribution in [2.24, 2.45) is 0 Å². The van der Waals surface area contributed by atoms with Crippen LogP contribution >= 0.6 is 0 Å². The Bertz CT molecular complexity index is 1380. The fraction of sp³-hybridized carbons (Fsp3) is 0.172. The first-order valence-corrected chi connectivity index (χ1v) is 11.3. The van der Waals surface area contributed by atoms with Crippen molar-refractivity contribution in [3.05, 3.63) is 108 Å². The molecular formula is C29H26NO4. The van der Waals surface area contributed by atoms with Gasteiger partial charge in [0.1, 0.15) is 17.3 Å². The number of phenolic OH excluding ortho intramolecular Hbond substituents is 1. The number of likely N-dealkylation sites (N-methyl/N-ethyl adjacent to an activating group) is 1. The highest BCUT2D eigenvalue weighted by Gasteiger charge is 2.31. The lowest BCUT2D eigenvalue weighted by molar-refractivity contribution is 0.0510. The van der Waals surface area contributed by atoms with Gasteiger partial charge >= 0.3 is 5.97 Å². The number of hydrogen-bond acceptors (Lipinski definition) is 5. The number of benzene rings is 3. The van der Waals surface area contributed by atoms with Crippen molar-refractivity contribution in [2.45, 2.75) is 12.5 Å². The molecule has 3 aromatic rings. The lowest BCUT2D eigenvalue weighted by Gasteiger charge is -2.31. The number of hydrogen-bond donors (Lipinski definition) is 1. The lowest BCUT2D eigenvalue weighted by Crippen LogP contribution is -2.27. The van der Waals surface area contributed by atoms with Gasteiger partial charge in [-0.25, -0.2) is 4.79 Å². The molecule has 3 aromatic carbocycles. The fourth-order valence-electron chi connectivity index (χ4n) is 4.49. The predicted molar refractivity (Wildman–Crippen MR) is 134 cm³/mol. The average molecular weight is 453 g/mol. The number of aromatic hydroxyl groups is 1. The monoisotopic (exact) mass is 452 g/mol. The largest absolute Gasteiger partial charge is 0.507 e. The normalized spacial score (nSPS) is 16.7. The molecule has 1 heterocycles. The number of fused-ring (bicyclic) bond motifs is 4. The van der Waals surface area contributed by atoms with Crippen LogP contribution in [0.5, 0.6) is 11.5 Å². The van der Waals surface area contributed by atoms with Crippen LogP contribution in [-0.2, 0) is 4.74 Å². The second-order valence-corrected chi connectivity index (χ2v) is 8.59. The highest BCUT2D eigenvalue weighted by molar-refractivity contribution is 6.05. The second-order valence-electron chi connectivity index (χ2n) is 8.59. The van der Waals surface area contributed by atoms with E-state index in [2.05, 4.69) is 24.0 Å². The Morgan fingerprint density at radius 1 is 1.09 bits per heavy atom. The Morgan fingerprint density at radius 2 is 1.91 bits per heavy atom. The summed E-state index contributed by atoms with van der Waals surface area (Å²) in [6, 6.07) is 16.9. The predicted octanol–water partition coefficient (Wildman–Crippen LogP) is 5.50. The minimum absolute atomic E-state index is 0.0578. The smallest absolute Gasteiger partial charge is 0.338 e. The molecule has 1 atom stereocenters. The highest BCUT2D eigenvalue weighted by atomic mass is 16.5. The molecule has 171 valence electrons. The summed E-state index contributed by atoms with van der Waals surface area (Å²) in [7, 11) is 4.02. The molecule has 0 spiro atoms. The van der Waals surface area contributed by atoms with Gasteiger partial charge in [0.2, 0.25) is 0 Å². The first-order valence-electron chi connectivity index (χ1n) is 11.3. The molecule has 5 nitrogen and oxygen atoms in total. The number of phenols is 1. The fourth-order valence-corrected chi connectivity index (χ4v) is 4.49. The molecule has 1 radical (unpaired) electrons. The van der Waals surface area contributed by atoms with Crippen LogP contribution < -0.4 is 4.74 Å². The molecule has 1 aliphatic heterocycles. The number of esters is 1. The van der Waals surface area contributed by atoms with Gasteiger partial charge in [-0.2, -0.15) is 0 Å². The van der Waals surface area contributed by atoms with E-state index in [1.165, 1.54) is 0 Å². The topological polar surface area (TPSA) is 59.0 Å². The number of nitrogens with zero attached hydrogens (tertiary/aromatic N) is 1. The second kappa shape index (κ2) is 8.84. The van der Waals surface area contributed by atoms with Gasteiger partial charge in [-0.15, -0.1) is 0 Å². The van der Waals surface area contributed by atoms with Crippen molar-refractivity contribution in [3.8, 4) is 11.5 Å². The first kappa shape index (κ1) is 22.0. The van der Waals surface area contributed by atoms with Crippen molar-refractivity contribution in [1.29, 1.82) is 0 Å². The summed E-state index contributed by atoms with van der Waals surface area (Å²) in [5, 5.41) is 12.3. The molecule has 5 heteroatoms. The van der Waals surface area contributed by atoms with Crippen LogP contribution in [0.2, 0.25) is 0 Å². The molecule has 2 aliphatic rings. The van der Waals surface area contributed by atoms with E-state index in [1.807, 2.05) is 62.6 Å². The van der Waals surface area contributed by atoms with Crippen LogP contribution in [0.15, 0.2) is 84.2 Å². The van der Waals surface area contributed by atoms with Crippen LogP contribution in [0.4, 0.5) is 0 Å². The summed E-state index contributed by atoms with van der Waals surface area (Å²) in [5.74, 6) is 1.03. The number of rotatable bonds is 5. The number of allylic oxidation sites excluding steroid dienone is 1. The highest BCUT2D eigenvalue weighted by Crippen LogP contribution is 2.48. The Kier molecular flexibility index (Phi) is 5.72. The zero-order chi connectivity index (χ0) is 23.8. The van der Waals surface area contributed by atoms with Gasteiger partial charge in [-0.1, -0.05) is 48.6 Å². The van der Waals surface area contributed by atoms with Gasteiger partial charge in [0.15, 0.2) is 0 Å². The molecule has 0 saturated heterocycles. The SMILES string of the molecule is [CH2]CCOC(=O)c1ccccc1C1=C2C=CC(N(C)C)C=C2Oc2c1ccc1cccc(O)c21. The van der Waals surface area contributed by atoms with Crippen LogP contribution in [0, 0.1) is 6.92 Å². The minimum Gasteiger partial charge on any atom is -0.507 e. The maximum Gasteiger partial charge on any atom is 0.338 e. The summed E-state index contributed by atoms with van der Waals surface area (Å²) < 4.78 is 11.9. The Morgan fingerprint density at radius 3 is 2.71 bits per heavy atom. The third-order valence-corrected chi connectivity index (χ3v) is 6.16. The minimum atomic E-state index is -0.388. The third kappa shape index (κ3) is 3.68. The maximum absolute atomic E-state index is 13.0. The summed E-state index contributed by atoms with van der Waals surface area (Å²) in [6.07, 6.45) is 6.72. The van der Waals surface area contributed by atoms with Crippen molar-refractivity contribution >= 4 is 22.3 Å². The van der Waals surface area contributed by atoms with Gasteiger partial charge in [-0.05, 0) is 62.7 Å². The van der Waals surface area contributed by atoms with Crippen LogP contribution in [0.3, 0.4) is 0 Å². The summed E-state index contributed by atoms with van der Waals surface area (Å²) >= 11 is 0. The van der Waals surface area contributed by atoms with E-state index in [0.29, 0.717) is 28.9 Å².